The van der Waals surface area contributed by atoms with Crippen LogP contribution in [0.25, 0.3) is 0 Å². The van der Waals surface area contributed by atoms with Gasteiger partial charge in [0.05, 0.1) is 0 Å². The summed E-state index contributed by atoms with van der Waals surface area (Å²) in [5.41, 5.74) is 8.27. The van der Waals surface area contributed by atoms with Crippen LogP contribution in [-0.4, -0.2) is 13.1 Å². The van der Waals surface area contributed by atoms with Crippen molar-refractivity contribution in [1.29, 1.82) is 0 Å². The van der Waals surface area contributed by atoms with Gasteiger partial charge in [0.25, 0.3) is 0 Å². The van der Waals surface area contributed by atoms with E-state index < -0.39 is 0 Å². The van der Waals surface area contributed by atoms with Crippen molar-refractivity contribution in [3.8, 4) is 0 Å². The highest BCUT2D eigenvalue weighted by atomic mass is 79.9. The predicted octanol–water partition coefficient (Wildman–Crippen LogP) is 3.32. The summed E-state index contributed by atoms with van der Waals surface area (Å²) in [5.74, 6) is 0. The molecule has 0 aromatic heterocycles. The first-order chi connectivity index (χ1) is 7.10. The van der Waals surface area contributed by atoms with Crippen molar-refractivity contribution in [3.05, 3.63) is 28.2 Å². The van der Waals surface area contributed by atoms with Gasteiger partial charge in [-0.2, -0.15) is 0 Å². The molecule has 0 heterocycles. The largest absolute Gasteiger partial charge is 0.372 e. The van der Waals surface area contributed by atoms with Gasteiger partial charge in [-0.25, -0.2) is 0 Å². The Hall–Kier alpha value is -0.540. The molecule has 0 saturated heterocycles. The molecule has 84 valence electrons. The maximum Gasteiger partial charge on any atom is 0.0377 e. The van der Waals surface area contributed by atoms with Crippen molar-refractivity contribution in [1.82, 2.24) is 0 Å². The molecule has 0 aliphatic rings. The summed E-state index contributed by atoms with van der Waals surface area (Å²) in [7, 11) is 0. The lowest BCUT2D eigenvalue weighted by molar-refractivity contribution is 0.810. The smallest absolute Gasteiger partial charge is 0.0377 e. The summed E-state index contributed by atoms with van der Waals surface area (Å²) in [6.07, 6.45) is 0. The van der Waals surface area contributed by atoms with Gasteiger partial charge in [0.15, 0.2) is 0 Å². The Morgan fingerprint density at radius 3 is 2.33 bits per heavy atom. The molecule has 0 aliphatic carbocycles. The van der Waals surface area contributed by atoms with Crippen LogP contribution in [-0.2, 0) is 0 Å². The van der Waals surface area contributed by atoms with Crippen LogP contribution < -0.4 is 10.6 Å². The van der Waals surface area contributed by atoms with Crippen LogP contribution in [0, 0.1) is 0 Å². The van der Waals surface area contributed by atoms with Gasteiger partial charge in [0, 0.05) is 29.3 Å². The van der Waals surface area contributed by atoms with E-state index in [1.807, 2.05) is 6.92 Å². The summed E-state index contributed by atoms with van der Waals surface area (Å²) >= 11 is 3.57. The fraction of sp³-hybridized carbons (Fsp3) is 0.500. The monoisotopic (exact) mass is 270 g/mol. The summed E-state index contributed by atoms with van der Waals surface area (Å²) in [6.45, 7) is 8.38. The minimum absolute atomic E-state index is 0.0742. The number of rotatable bonds is 4. The number of anilines is 1. The van der Waals surface area contributed by atoms with Gasteiger partial charge < -0.3 is 10.6 Å². The average Bonchev–Trinajstić information content (AvgIpc) is 2.19. The minimum Gasteiger partial charge on any atom is -0.372 e. The summed E-state index contributed by atoms with van der Waals surface area (Å²) in [6, 6.07) is 6.45. The second-order valence-electron chi connectivity index (χ2n) is 3.67. The Morgan fingerprint density at radius 1 is 1.33 bits per heavy atom. The van der Waals surface area contributed by atoms with Gasteiger partial charge in [-0.05, 0) is 38.5 Å². The highest BCUT2D eigenvalue weighted by Gasteiger charge is 2.08. The quantitative estimate of drug-likeness (QED) is 0.910. The first kappa shape index (κ1) is 12.5. The van der Waals surface area contributed by atoms with Crippen LogP contribution in [0.3, 0.4) is 0 Å². The molecule has 1 unspecified atom stereocenters. The Balaban J connectivity index is 3.00. The maximum absolute atomic E-state index is 5.86. The second kappa shape index (κ2) is 5.52. The first-order valence-corrected chi connectivity index (χ1v) is 6.19. The molecule has 15 heavy (non-hydrogen) atoms. The highest BCUT2D eigenvalue weighted by Crippen LogP contribution is 2.27. The van der Waals surface area contributed by atoms with E-state index in [0.29, 0.717) is 0 Å². The van der Waals surface area contributed by atoms with Gasteiger partial charge in [-0.3, -0.25) is 0 Å². The van der Waals surface area contributed by atoms with E-state index in [1.54, 1.807) is 0 Å². The molecule has 2 nitrogen and oxygen atoms in total. The minimum atomic E-state index is 0.0742. The Bertz CT molecular complexity index is 319. The van der Waals surface area contributed by atoms with Crippen molar-refractivity contribution < 1.29 is 0 Å². The zero-order valence-electron chi connectivity index (χ0n) is 9.63. The second-order valence-corrected chi connectivity index (χ2v) is 4.52. The molecule has 0 saturated carbocycles. The highest BCUT2D eigenvalue weighted by molar-refractivity contribution is 9.10. The number of halogens is 1. The first-order valence-electron chi connectivity index (χ1n) is 5.40. The van der Waals surface area contributed by atoms with Gasteiger partial charge in [-0.15, -0.1) is 0 Å². The van der Waals surface area contributed by atoms with Crippen molar-refractivity contribution in [2.24, 2.45) is 5.73 Å². The molecule has 0 amide bonds. The van der Waals surface area contributed by atoms with Crippen LogP contribution in [0.5, 0.6) is 0 Å². The van der Waals surface area contributed by atoms with Gasteiger partial charge in [-0.1, -0.05) is 22.0 Å². The van der Waals surface area contributed by atoms with E-state index >= 15 is 0 Å². The van der Waals surface area contributed by atoms with Crippen molar-refractivity contribution in [3.63, 3.8) is 0 Å². The lowest BCUT2D eigenvalue weighted by Crippen LogP contribution is -2.21. The van der Waals surface area contributed by atoms with Gasteiger partial charge in [0.2, 0.25) is 0 Å². The van der Waals surface area contributed by atoms with Crippen LogP contribution in [0.1, 0.15) is 32.4 Å². The zero-order valence-corrected chi connectivity index (χ0v) is 11.2. The third-order valence-electron chi connectivity index (χ3n) is 2.60. The standard InChI is InChI=1S/C12H19BrN2/c1-4-15(5-2)10-6-7-11(9(3)14)12(13)8-10/h6-9H,4-5,14H2,1-3H3. The van der Waals surface area contributed by atoms with Crippen LogP contribution >= 0.6 is 15.9 Å². The maximum atomic E-state index is 5.86. The molecule has 0 aliphatic heterocycles. The lowest BCUT2D eigenvalue weighted by Gasteiger charge is -2.22. The molecule has 1 aromatic carbocycles. The van der Waals surface area contributed by atoms with E-state index in [0.717, 1.165) is 23.1 Å². The van der Waals surface area contributed by atoms with E-state index in [-0.39, 0.29) is 6.04 Å². The number of hydrogen-bond donors (Lipinski definition) is 1. The summed E-state index contributed by atoms with van der Waals surface area (Å²) < 4.78 is 1.10. The van der Waals surface area contributed by atoms with Crippen molar-refractivity contribution >= 4 is 21.6 Å². The molecular weight excluding hydrogens is 252 g/mol. The number of benzene rings is 1. The van der Waals surface area contributed by atoms with Crippen LogP contribution in [0.15, 0.2) is 22.7 Å². The molecule has 1 aromatic rings. The summed E-state index contributed by atoms with van der Waals surface area (Å²) in [4.78, 5) is 2.32. The lowest BCUT2D eigenvalue weighted by atomic mass is 10.1. The molecule has 3 heteroatoms. The summed E-state index contributed by atoms with van der Waals surface area (Å²) in [5, 5.41) is 0. The fourth-order valence-electron chi connectivity index (χ4n) is 1.67. The number of hydrogen-bond acceptors (Lipinski definition) is 2. The molecule has 0 radical (unpaired) electrons. The molecule has 0 spiro atoms. The van der Waals surface area contributed by atoms with Gasteiger partial charge in [0.1, 0.15) is 0 Å². The molecule has 0 fully saturated rings. The topological polar surface area (TPSA) is 29.3 Å². The van der Waals surface area contributed by atoms with Gasteiger partial charge >= 0.3 is 0 Å². The third kappa shape index (κ3) is 2.95. The Morgan fingerprint density at radius 2 is 1.93 bits per heavy atom. The molecular formula is C12H19BrN2. The van der Waals surface area contributed by atoms with Crippen LogP contribution in [0.4, 0.5) is 5.69 Å². The molecule has 0 bridgehead atoms. The normalized spacial score (nSPS) is 12.6. The molecule has 1 atom stereocenters. The molecule has 2 N–H and O–H groups in total. The SMILES string of the molecule is CCN(CC)c1ccc(C(C)N)c(Br)c1. The zero-order chi connectivity index (χ0) is 11.4. The number of nitrogens with zero attached hydrogens (tertiary/aromatic N) is 1. The Kier molecular flexibility index (Phi) is 4.61. The van der Waals surface area contributed by atoms with E-state index in [4.69, 9.17) is 5.73 Å². The fourth-order valence-corrected chi connectivity index (χ4v) is 2.40. The van der Waals surface area contributed by atoms with E-state index in [9.17, 15) is 0 Å². The average molecular weight is 271 g/mol. The predicted molar refractivity (Wildman–Crippen MR) is 70.3 cm³/mol. The van der Waals surface area contributed by atoms with E-state index in [1.165, 1.54) is 5.69 Å². The van der Waals surface area contributed by atoms with E-state index in [2.05, 4.69) is 52.9 Å². The molecule has 1 rings (SSSR count). The Labute approximate surface area is 101 Å². The third-order valence-corrected chi connectivity index (χ3v) is 3.29. The van der Waals surface area contributed by atoms with Crippen molar-refractivity contribution in [2.75, 3.05) is 18.0 Å². The van der Waals surface area contributed by atoms with Crippen molar-refractivity contribution in [2.45, 2.75) is 26.8 Å². The number of nitrogens with two attached hydrogens (primary N) is 1. The van der Waals surface area contributed by atoms with Crippen LogP contribution in [0.2, 0.25) is 0 Å².